The van der Waals surface area contributed by atoms with Crippen LogP contribution in [0, 0.1) is 0 Å². The molecule has 0 aliphatic rings. The summed E-state index contributed by atoms with van der Waals surface area (Å²) in [5.74, 6) is 0.273. The second-order valence-electron chi connectivity index (χ2n) is 3.72. The van der Waals surface area contributed by atoms with Gasteiger partial charge in [-0.05, 0) is 35.2 Å². The van der Waals surface area contributed by atoms with Crippen molar-refractivity contribution in [3.63, 3.8) is 0 Å². The minimum Gasteiger partial charge on any atom is -0.508 e. The first-order valence-corrected chi connectivity index (χ1v) is 5.29. The summed E-state index contributed by atoms with van der Waals surface area (Å²) in [6.45, 7) is 0.166. The van der Waals surface area contributed by atoms with Gasteiger partial charge in [0.05, 0.1) is 0 Å². The van der Waals surface area contributed by atoms with E-state index >= 15 is 0 Å². The lowest BCUT2D eigenvalue weighted by Gasteiger charge is -2.04. The van der Waals surface area contributed by atoms with Crippen LogP contribution in [0.5, 0.6) is 5.75 Å². The Balaban J connectivity index is 2.32. The van der Waals surface area contributed by atoms with E-state index in [2.05, 4.69) is 6.07 Å². The molecule has 0 fully saturated rings. The molecule has 2 rings (SSSR count). The molecular weight excluding hydrogens is 200 g/mol. The van der Waals surface area contributed by atoms with Gasteiger partial charge in [0, 0.05) is 6.61 Å². The van der Waals surface area contributed by atoms with Gasteiger partial charge in [-0.15, -0.1) is 0 Å². The van der Waals surface area contributed by atoms with Crippen LogP contribution in [-0.2, 0) is 6.42 Å². The average molecular weight is 214 g/mol. The average Bonchev–Trinajstić information content (AvgIpc) is 2.31. The summed E-state index contributed by atoms with van der Waals surface area (Å²) in [4.78, 5) is 0. The van der Waals surface area contributed by atoms with Gasteiger partial charge in [0.25, 0.3) is 0 Å². The number of aliphatic hydroxyl groups excluding tert-OH is 1. The molecule has 0 atom stereocenters. The van der Waals surface area contributed by atoms with Gasteiger partial charge in [0.15, 0.2) is 0 Å². The third-order valence-corrected chi connectivity index (χ3v) is 2.53. The summed E-state index contributed by atoms with van der Waals surface area (Å²) in [6.07, 6.45) is 0.673. The second-order valence-corrected chi connectivity index (χ2v) is 3.72. The van der Waals surface area contributed by atoms with Crippen LogP contribution in [0.3, 0.4) is 0 Å². The SMILES string of the molecule is OCCc1cccc(-c2ccc(O)cc2)c1. The quantitative estimate of drug-likeness (QED) is 0.824. The zero-order chi connectivity index (χ0) is 11.4. The van der Waals surface area contributed by atoms with Gasteiger partial charge < -0.3 is 10.2 Å². The molecule has 2 N–H and O–H groups in total. The second kappa shape index (κ2) is 4.81. The first kappa shape index (κ1) is 10.7. The largest absolute Gasteiger partial charge is 0.508 e. The van der Waals surface area contributed by atoms with Crippen molar-refractivity contribution in [1.29, 1.82) is 0 Å². The Kier molecular flexibility index (Phi) is 3.22. The molecule has 0 aromatic heterocycles. The fraction of sp³-hybridized carbons (Fsp3) is 0.143. The van der Waals surface area contributed by atoms with Crippen LogP contribution in [0.1, 0.15) is 5.56 Å². The predicted molar refractivity (Wildman–Crippen MR) is 64.3 cm³/mol. The molecule has 82 valence electrons. The fourth-order valence-corrected chi connectivity index (χ4v) is 1.69. The Bertz CT molecular complexity index is 460. The number of rotatable bonds is 3. The monoisotopic (exact) mass is 214 g/mol. The molecule has 0 aliphatic heterocycles. The standard InChI is InChI=1S/C14H14O2/c15-9-8-11-2-1-3-13(10-11)12-4-6-14(16)7-5-12/h1-7,10,15-16H,8-9H2. The summed E-state index contributed by atoms with van der Waals surface area (Å²) in [5, 5.41) is 18.1. The molecule has 0 heterocycles. The number of hydrogen-bond acceptors (Lipinski definition) is 2. The maximum Gasteiger partial charge on any atom is 0.115 e. The molecule has 2 aromatic rings. The van der Waals surface area contributed by atoms with Gasteiger partial charge in [0.1, 0.15) is 5.75 Å². The van der Waals surface area contributed by atoms with Gasteiger partial charge >= 0.3 is 0 Å². The molecule has 0 radical (unpaired) electrons. The lowest BCUT2D eigenvalue weighted by molar-refractivity contribution is 0.299. The summed E-state index contributed by atoms with van der Waals surface area (Å²) >= 11 is 0. The Morgan fingerprint density at radius 3 is 2.31 bits per heavy atom. The summed E-state index contributed by atoms with van der Waals surface area (Å²) < 4.78 is 0. The lowest BCUT2D eigenvalue weighted by atomic mass is 10.0. The van der Waals surface area contributed by atoms with Crippen LogP contribution in [0.15, 0.2) is 48.5 Å². The molecule has 0 saturated carbocycles. The minimum atomic E-state index is 0.166. The number of hydrogen-bond donors (Lipinski definition) is 2. The van der Waals surface area contributed by atoms with Crippen LogP contribution < -0.4 is 0 Å². The van der Waals surface area contributed by atoms with Crippen molar-refractivity contribution < 1.29 is 10.2 Å². The van der Waals surface area contributed by atoms with Crippen molar-refractivity contribution >= 4 is 0 Å². The van der Waals surface area contributed by atoms with Crippen molar-refractivity contribution in [2.45, 2.75) is 6.42 Å². The fourth-order valence-electron chi connectivity index (χ4n) is 1.69. The molecule has 0 bridgehead atoms. The van der Waals surface area contributed by atoms with Gasteiger partial charge in [-0.25, -0.2) is 0 Å². The third kappa shape index (κ3) is 2.41. The molecular formula is C14H14O2. The van der Waals surface area contributed by atoms with Crippen molar-refractivity contribution in [2.75, 3.05) is 6.61 Å². The zero-order valence-corrected chi connectivity index (χ0v) is 8.93. The molecule has 0 spiro atoms. The Hall–Kier alpha value is -1.80. The highest BCUT2D eigenvalue weighted by molar-refractivity contribution is 5.64. The Morgan fingerprint density at radius 1 is 0.875 bits per heavy atom. The van der Waals surface area contributed by atoms with E-state index in [1.54, 1.807) is 12.1 Å². The van der Waals surface area contributed by atoms with E-state index in [1.807, 2.05) is 30.3 Å². The van der Waals surface area contributed by atoms with E-state index in [0.29, 0.717) is 6.42 Å². The highest BCUT2D eigenvalue weighted by Crippen LogP contribution is 2.22. The van der Waals surface area contributed by atoms with Gasteiger partial charge in [0.2, 0.25) is 0 Å². The summed E-state index contributed by atoms with van der Waals surface area (Å²) in [7, 11) is 0. The Morgan fingerprint density at radius 2 is 1.62 bits per heavy atom. The maximum atomic E-state index is 9.21. The molecule has 16 heavy (non-hydrogen) atoms. The van der Waals surface area contributed by atoms with E-state index < -0.39 is 0 Å². The highest BCUT2D eigenvalue weighted by atomic mass is 16.3. The first-order valence-electron chi connectivity index (χ1n) is 5.29. The van der Waals surface area contributed by atoms with Gasteiger partial charge in [-0.2, -0.15) is 0 Å². The van der Waals surface area contributed by atoms with E-state index in [1.165, 1.54) is 0 Å². The van der Waals surface area contributed by atoms with Crippen LogP contribution in [0.4, 0.5) is 0 Å². The summed E-state index contributed by atoms with van der Waals surface area (Å²) in [6, 6.07) is 15.2. The molecule has 0 amide bonds. The van der Waals surface area contributed by atoms with Crippen molar-refractivity contribution in [2.24, 2.45) is 0 Å². The van der Waals surface area contributed by atoms with E-state index in [-0.39, 0.29) is 12.4 Å². The topological polar surface area (TPSA) is 40.5 Å². The maximum absolute atomic E-state index is 9.21. The minimum absolute atomic E-state index is 0.166. The van der Waals surface area contributed by atoms with Crippen molar-refractivity contribution in [3.8, 4) is 16.9 Å². The first-order chi connectivity index (χ1) is 7.79. The molecule has 0 aliphatic carbocycles. The van der Waals surface area contributed by atoms with Gasteiger partial charge in [-0.3, -0.25) is 0 Å². The number of phenolic OH excluding ortho intramolecular Hbond substituents is 1. The van der Waals surface area contributed by atoms with Crippen molar-refractivity contribution in [1.82, 2.24) is 0 Å². The number of benzene rings is 2. The number of phenols is 1. The normalized spacial score (nSPS) is 10.3. The molecule has 2 aromatic carbocycles. The van der Waals surface area contributed by atoms with Gasteiger partial charge in [-0.1, -0.05) is 36.4 Å². The smallest absolute Gasteiger partial charge is 0.115 e. The van der Waals surface area contributed by atoms with Crippen LogP contribution in [0.25, 0.3) is 11.1 Å². The van der Waals surface area contributed by atoms with Crippen LogP contribution >= 0.6 is 0 Å². The molecule has 2 heteroatoms. The van der Waals surface area contributed by atoms with Crippen LogP contribution in [0.2, 0.25) is 0 Å². The van der Waals surface area contributed by atoms with E-state index in [9.17, 15) is 5.11 Å². The Labute approximate surface area is 94.8 Å². The molecule has 2 nitrogen and oxygen atoms in total. The third-order valence-electron chi connectivity index (χ3n) is 2.53. The molecule has 0 unspecified atom stereocenters. The highest BCUT2D eigenvalue weighted by Gasteiger charge is 1.99. The number of aromatic hydroxyl groups is 1. The predicted octanol–water partition coefficient (Wildman–Crippen LogP) is 2.59. The van der Waals surface area contributed by atoms with E-state index in [0.717, 1.165) is 16.7 Å². The molecule has 0 saturated heterocycles. The number of aliphatic hydroxyl groups is 1. The zero-order valence-electron chi connectivity index (χ0n) is 8.93. The van der Waals surface area contributed by atoms with E-state index in [4.69, 9.17) is 5.11 Å². The summed E-state index contributed by atoms with van der Waals surface area (Å²) in [5.41, 5.74) is 3.29. The lowest BCUT2D eigenvalue weighted by Crippen LogP contribution is -1.90. The van der Waals surface area contributed by atoms with Crippen molar-refractivity contribution in [3.05, 3.63) is 54.1 Å². The van der Waals surface area contributed by atoms with Crippen LogP contribution in [-0.4, -0.2) is 16.8 Å².